The van der Waals surface area contributed by atoms with E-state index in [-0.39, 0.29) is 70.4 Å². The van der Waals surface area contributed by atoms with Crippen LogP contribution in [-0.2, 0) is 52.3 Å². The number of nitro benzene ring substituents is 1. The van der Waals surface area contributed by atoms with Crippen LogP contribution in [0.25, 0.3) is 0 Å². The molecule has 3 aliphatic carbocycles. The first-order chi connectivity index (χ1) is 48.3. The number of nitrogens with one attached hydrogen (secondary N) is 1. The number of hydrogen-bond acceptors (Lipinski definition) is 22. The third-order valence-corrected chi connectivity index (χ3v) is 20.7. The lowest BCUT2D eigenvalue weighted by atomic mass is 9.44. The average molecular weight is 1410 g/mol. The van der Waals surface area contributed by atoms with Gasteiger partial charge >= 0.3 is 41.8 Å². The molecule has 102 heavy (non-hydrogen) atoms. The Balaban J connectivity index is 0.928. The zero-order valence-corrected chi connectivity index (χ0v) is 58.7. The van der Waals surface area contributed by atoms with Crippen molar-refractivity contribution in [3.8, 4) is 11.5 Å². The van der Waals surface area contributed by atoms with Gasteiger partial charge in [-0.25, -0.2) is 19.2 Å². The van der Waals surface area contributed by atoms with Gasteiger partial charge in [0.2, 0.25) is 11.9 Å². The Bertz CT molecular complexity index is 4040. The number of fused-ring (bicyclic) bond motifs is 5. The van der Waals surface area contributed by atoms with Crippen LogP contribution in [-0.4, -0.2) is 202 Å². The van der Waals surface area contributed by atoms with Crippen LogP contribution in [0.2, 0.25) is 0 Å². The van der Waals surface area contributed by atoms with Gasteiger partial charge in [0.1, 0.15) is 41.8 Å². The SMILES string of the molecule is CC(=O)O[C@H]1C(=O)[C@@]2(C)[C@H]([C@H](OC(=O)c3ccccc3)[C@]3(O)C[C@H](OC(=O)[C@H](OC(=O)N(C)CCN(C)C(=O)OC(C)c4ccc([N+](=O)[O-])c(Oc5ccc(C(=O)N6CCN(C(C)C)CC6)cc5)c4)[C@@H](NC(=O)c4ccccc4)c4ccccc4)C(C)=C1C3(C)C)[C@]1(OC(C)=O)CO[C@@H]1C[C@@H]2O. The molecule has 5 aromatic rings. The number of hydrogen-bond donors (Lipinski definition) is 3. The van der Waals surface area contributed by atoms with Crippen LogP contribution in [0.3, 0.4) is 0 Å². The van der Waals surface area contributed by atoms with E-state index in [1.54, 1.807) is 83.8 Å². The molecule has 27 nitrogen and oxygen atoms in total. The molecule has 3 N–H and O–H groups in total. The molecular formula is C75H86N6O21. The van der Waals surface area contributed by atoms with E-state index in [2.05, 4.69) is 24.1 Å². The molecule has 4 amide bonds. The fourth-order valence-electron chi connectivity index (χ4n) is 14.7. The number of carbonyl (C=O) groups is 9. The Morgan fingerprint density at radius 3 is 1.88 bits per heavy atom. The number of Topliss-reactive ketones (excluding diaryl/α,β-unsaturated/α-hetero) is 1. The molecule has 4 fully saturated rings. The standard InChI is InChI=1S/C75H86N6O21/c1-43(2)79-35-37-80(38-36-79)67(87)50-27-30-53(31-28-50)98-55-39-52(29-32-54(55)81(93)94)45(4)96-70(90)77(10)33-34-78(11)71(91)100-62(60(48-21-15-12-16-22-48)76-66(86)49-23-17-13-18-24-49)69(89)99-56-41-75(92)65(101-68(88)51-25-19-14-20-26-51)63-73(9,57(84)40-58-74(63,42-95-58)102-47(6)83)64(85)61(97-46(5)82)59(44(56)3)72(75,7)8/h12-32,39,43,45,56-58,60-63,65,84,92H,33-38,40-42H2,1-11H3,(H,76,86)/t45?,56-,57-,58+,60-,61+,62+,63-,65-,73+,74-,75+/m0/s1. The molecule has 10 rings (SSSR count). The highest BCUT2D eigenvalue weighted by Gasteiger charge is 2.78. The minimum atomic E-state index is -2.56. The van der Waals surface area contributed by atoms with Gasteiger partial charge in [-0.05, 0) is 118 Å². The number of esters is 4. The molecule has 0 aromatic heterocycles. The summed E-state index contributed by atoms with van der Waals surface area (Å²) in [6.07, 6.45) is -14.6. The molecule has 2 aliphatic heterocycles. The molecule has 5 aromatic carbocycles. The number of carbonyl (C=O) groups excluding carboxylic acids is 9. The van der Waals surface area contributed by atoms with Crippen molar-refractivity contribution in [1.82, 2.24) is 24.9 Å². The van der Waals surface area contributed by atoms with Gasteiger partial charge in [0, 0.05) is 109 Å². The number of aliphatic hydroxyl groups excluding tert-OH is 1. The van der Waals surface area contributed by atoms with Gasteiger partial charge in [-0.2, -0.15) is 0 Å². The molecule has 542 valence electrons. The number of ether oxygens (including phenoxy) is 8. The number of nitrogens with zero attached hydrogens (tertiary/aromatic N) is 5. The largest absolute Gasteiger partial charge is 0.455 e. The summed E-state index contributed by atoms with van der Waals surface area (Å²) >= 11 is 0. The number of amides is 4. The van der Waals surface area contributed by atoms with Crippen LogP contribution in [0.4, 0.5) is 15.3 Å². The van der Waals surface area contributed by atoms with E-state index < -0.39 is 142 Å². The summed E-state index contributed by atoms with van der Waals surface area (Å²) in [6.45, 7) is 15.5. The predicted octanol–water partition coefficient (Wildman–Crippen LogP) is 8.51. The minimum Gasteiger partial charge on any atom is -0.455 e. The molecule has 0 radical (unpaired) electrons. The number of benzene rings is 5. The quantitative estimate of drug-likeness (QED) is 0.0204. The van der Waals surface area contributed by atoms with Crippen molar-refractivity contribution in [2.45, 2.75) is 141 Å². The first-order valence-corrected chi connectivity index (χ1v) is 33.8. The van der Waals surface area contributed by atoms with Crippen LogP contribution in [0.1, 0.15) is 130 Å². The second-order valence-electron chi connectivity index (χ2n) is 27.6. The van der Waals surface area contributed by atoms with Gasteiger partial charge in [-0.1, -0.05) is 80.6 Å². The van der Waals surface area contributed by atoms with E-state index in [9.17, 15) is 53.9 Å². The zero-order valence-electron chi connectivity index (χ0n) is 58.7. The molecule has 2 saturated heterocycles. The van der Waals surface area contributed by atoms with Gasteiger partial charge in [0.15, 0.2) is 17.5 Å². The van der Waals surface area contributed by atoms with Crippen molar-refractivity contribution in [3.05, 3.63) is 183 Å². The smallest absolute Gasteiger partial charge is 0.410 e. The summed E-state index contributed by atoms with van der Waals surface area (Å²) in [4.78, 5) is 147. The van der Waals surface area contributed by atoms with Crippen molar-refractivity contribution in [2.24, 2.45) is 16.7 Å². The highest BCUT2D eigenvalue weighted by Crippen LogP contribution is 2.64. The number of nitro groups is 1. The monoisotopic (exact) mass is 1410 g/mol. The molecule has 0 spiro atoms. The van der Waals surface area contributed by atoms with Crippen molar-refractivity contribution in [2.75, 3.05) is 60.0 Å². The summed E-state index contributed by atoms with van der Waals surface area (Å²) in [5, 5.41) is 41.6. The number of rotatable bonds is 21. The first kappa shape index (κ1) is 74.6. The Morgan fingerprint density at radius 2 is 1.32 bits per heavy atom. The van der Waals surface area contributed by atoms with Crippen LogP contribution in [0.15, 0.2) is 145 Å². The summed E-state index contributed by atoms with van der Waals surface area (Å²) in [7, 11) is 2.70. The number of ketones is 1. The fraction of sp³-hybridized carbons (Fsp3) is 0.453. The Kier molecular flexibility index (Phi) is 22.1. The van der Waals surface area contributed by atoms with Crippen LogP contribution in [0, 0.1) is 26.9 Å². The molecule has 2 saturated carbocycles. The van der Waals surface area contributed by atoms with Gasteiger partial charge < -0.3 is 68.1 Å². The maximum absolute atomic E-state index is 16.0. The molecule has 5 aliphatic rings. The van der Waals surface area contributed by atoms with E-state index in [0.717, 1.165) is 36.7 Å². The number of piperazine rings is 1. The Labute approximate surface area is 590 Å². The maximum atomic E-state index is 16.0. The maximum Gasteiger partial charge on any atom is 0.410 e. The van der Waals surface area contributed by atoms with Crippen molar-refractivity contribution >= 4 is 59.3 Å². The second-order valence-corrected chi connectivity index (χ2v) is 27.6. The Morgan fingerprint density at radius 1 is 0.735 bits per heavy atom. The highest BCUT2D eigenvalue weighted by atomic mass is 16.6. The molecule has 2 heterocycles. The van der Waals surface area contributed by atoms with Gasteiger partial charge in [-0.3, -0.25) is 39.0 Å². The van der Waals surface area contributed by atoms with Crippen molar-refractivity contribution in [3.63, 3.8) is 0 Å². The minimum absolute atomic E-state index is 0.000512. The summed E-state index contributed by atoms with van der Waals surface area (Å²) in [5.41, 5.74) is -7.78. The Hall–Kier alpha value is -10.1. The van der Waals surface area contributed by atoms with E-state index in [0.29, 0.717) is 30.3 Å². The molecule has 27 heteroatoms. The molecule has 1 unspecified atom stereocenters. The van der Waals surface area contributed by atoms with Crippen molar-refractivity contribution < 1.29 is 96.2 Å². The second kappa shape index (κ2) is 30.2. The van der Waals surface area contributed by atoms with E-state index in [1.807, 2.05) is 0 Å². The molecule has 12 atom stereocenters. The number of likely N-dealkylation sites (N-methyl/N-ethyl adjacent to an activating group) is 2. The lowest BCUT2D eigenvalue weighted by Gasteiger charge is -2.67. The predicted molar refractivity (Wildman–Crippen MR) is 364 cm³/mol. The van der Waals surface area contributed by atoms with Crippen LogP contribution in [0.5, 0.6) is 11.5 Å². The van der Waals surface area contributed by atoms with Gasteiger partial charge in [0.25, 0.3) is 11.8 Å². The topological polar surface area (TPSA) is 336 Å². The molecule has 2 bridgehead atoms. The average Bonchev–Trinajstić information content (AvgIpc) is 0.669. The normalized spacial score (nSPS) is 25.2. The van der Waals surface area contributed by atoms with Crippen LogP contribution < -0.4 is 10.1 Å². The number of aliphatic hydroxyl groups is 2. The van der Waals surface area contributed by atoms with Gasteiger partial charge in [-0.15, -0.1) is 0 Å². The van der Waals surface area contributed by atoms with E-state index in [4.69, 9.17) is 37.9 Å². The fourth-order valence-corrected chi connectivity index (χ4v) is 14.7. The van der Waals surface area contributed by atoms with Gasteiger partial charge in [0.05, 0.1) is 34.5 Å². The summed E-state index contributed by atoms with van der Waals surface area (Å²) in [6, 6.07) is 32.6. The zero-order chi connectivity index (χ0) is 73.9. The third kappa shape index (κ3) is 14.8. The van der Waals surface area contributed by atoms with Crippen LogP contribution >= 0.6 is 0 Å². The molecular weight excluding hydrogens is 1320 g/mol. The van der Waals surface area contributed by atoms with Crippen molar-refractivity contribution in [1.29, 1.82) is 0 Å². The summed E-state index contributed by atoms with van der Waals surface area (Å²) < 4.78 is 49.2. The summed E-state index contributed by atoms with van der Waals surface area (Å²) in [5.74, 6) is -7.61. The highest BCUT2D eigenvalue weighted by molar-refractivity contribution is 5.97. The third-order valence-electron chi connectivity index (χ3n) is 20.7. The van der Waals surface area contributed by atoms with E-state index in [1.165, 1.54) is 103 Å². The first-order valence-electron chi connectivity index (χ1n) is 33.8. The lowest BCUT2D eigenvalue weighted by Crippen LogP contribution is -2.82. The lowest BCUT2D eigenvalue weighted by molar-refractivity contribution is -0.385. The van der Waals surface area contributed by atoms with E-state index >= 15 is 9.59 Å².